The number of ketones is 1. The molecule has 0 saturated heterocycles. The Kier molecular flexibility index (Phi) is 43.7. The van der Waals surface area contributed by atoms with Gasteiger partial charge in [-0.3, -0.25) is 4.79 Å². The Morgan fingerprint density at radius 2 is 0.576 bits per heavy atom. The normalized spacial score (nSPS) is 11.4. The Hall–Kier alpha value is -2.08. The number of rotatable bonds is 49. The number of hydrogen-bond acceptors (Lipinski definition) is 14. The zero-order chi connectivity index (χ0) is 42.2. The third kappa shape index (κ3) is 41.1. The predicted molar refractivity (Wildman–Crippen MR) is 226 cm³/mol. The summed E-state index contributed by atoms with van der Waals surface area (Å²) in [6, 6.07) is 8.27. The summed E-state index contributed by atoms with van der Waals surface area (Å²) in [6.07, 6.45) is 17.7. The van der Waals surface area contributed by atoms with Crippen LogP contribution in [0.3, 0.4) is 0 Å². The van der Waals surface area contributed by atoms with Gasteiger partial charge >= 0.3 is 5.97 Å². The van der Waals surface area contributed by atoms with Gasteiger partial charge in [0.1, 0.15) is 6.61 Å². The first-order chi connectivity index (χ1) is 29.3. The molecule has 1 aromatic rings. The van der Waals surface area contributed by atoms with E-state index in [4.69, 9.17) is 56.8 Å². The summed E-state index contributed by atoms with van der Waals surface area (Å²) in [6.45, 7) is 13.2. The third-order valence-electron chi connectivity index (χ3n) is 8.79. The first-order valence-corrected chi connectivity index (χ1v) is 22.4. The predicted octanol–water partition coefficient (Wildman–Crippen LogP) is 6.69. The van der Waals surface area contributed by atoms with Crippen molar-refractivity contribution in [2.75, 3.05) is 152 Å². The topological polar surface area (TPSA) is 145 Å². The van der Waals surface area contributed by atoms with E-state index in [-0.39, 0.29) is 13.2 Å². The molecule has 0 unspecified atom stereocenters. The molecule has 1 rings (SSSR count). The SMILES string of the molecule is CCCCCCCCCCCCCCCOCCOCCOCCOCCOCCOCCOCCOCCOCCOCCOCCOC(=O)C(=O)c1ccccc1. The molecule has 0 bridgehead atoms. The van der Waals surface area contributed by atoms with E-state index in [1.54, 1.807) is 30.3 Å². The summed E-state index contributed by atoms with van der Waals surface area (Å²) in [5, 5.41) is 0. The van der Waals surface area contributed by atoms with Gasteiger partial charge in [0.05, 0.1) is 139 Å². The van der Waals surface area contributed by atoms with Crippen molar-refractivity contribution in [2.45, 2.75) is 90.4 Å². The molecule has 14 nitrogen and oxygen atoms in total. The van der Waals surface area contributed by atoms with Gasteiger partial charge in [0, 0.05) is 12.2 Å². The van der Waals surface area contributed by atoms with E-state index in [1.165, 1.54) is 77.0 Å². The van der Waals surface area contributed by atoms with Crippen molar-refractivity contribution in [3.05, 3.63) is 35.9 Å². The molecular weight excluding hydrogens is 764 g/mol. The summed E-state index contributed by atoms with van der Waals surface area (Å²) in [5.41, 5.74) is 0.297. The van der Waals surface area contributed by atoms with E-state index in [0.29, 0.717) is 138 Å². The second kappa shape index (κ2) is 47.0. The Labute approximate surface area is 355 Å². The van der Waals surface area contributed by atoms with Crippen LogP contribution in [0.4, 0.5) is 0 Å². The highest BCUT2D eigenvalue weighted by molar-refractivity contribution is 6.40. The van der Waals surface area contributed by atoms with E-state index >= 15 is 0 Å². The summed E-state index contributed by atoms with van der Waals surface area (Å²) >= 11 is 0. The lowest BCUT2D eigenvalue weighted by molar-refractivity contribution is -0.139. The molecule has 0 atom stereocenters. The summed E-state index contributed by atoms with van der Waals surface area (Å²) in [5.74, 6) is -1.57. The quantitative estimate of drug-likeness (QED) is 0.0297. The highest BCUT2D eigenvalue weighted by atomic mass is 16.6. The van der Waals surface area contributed by atoms with Crippen LogP contribution in [0.15, 0.2) is 30.3 Å². The number of esters is 1. The Morgan fingerprint density at radius 1 is 0.322 bits per heavy atom. The van der Waals surface area contributed by atoms with Crippen LogP contribution in [0.25, 0.3) is 0 Å². The van der Waals surface area contributed by atoms with Crippen molar-refractivity contribution in [1.29, 1.82) is 0 Å². The fraction of sp³-hybridized carbons (Fsp3) is 0.822. The Morgan fingerprint density at radius 3 is 0.881 bits per heavy atom. The van der Waals surface area contributed by atoms with Crippen LogP contribution in [0.1, 0.15) is 101 Å². The van der Waals surface area contributed by atoms with Crippen LogP contribution >= 0.6 is 0 Å². The average Bonchev–Trinajstić information content (AvgIpc) is 3.26. The second-order valence-electron chi connectivity index (χ2n) is 13.8. The molecule has 1 aromatic carbocycles. The van der Waals surface area contributed by atoms with Crippen LogP contribution in [0, 0.1) is 0 Å². The minimum Gasteiger partial charge on any atom is -0.457 e. The van der Waals surface area contributed by atoms with Crippen molar-refractivity contribution in [3.8, 4) is 0 Å². The summed E-state index contributed by atoms with van der Waals surface area (Å²) in [7, 11) is 0. The molecule has 0 N–H and O–H groups in total. The smallest absolute Gasteiger partial charge is 0.379 e. The van der Waals surface area contributed by atoms with Crippen molar-refractivity contribution in [2.24, 2.45) is 0 Å². The first kappa shape index (κ1) is 54.9. The van der Waals surface area contributed by atoms with Gasteiger partial charge in [0.15, 0.2) is 0 Å². The number of benzene rings is 1. The van der Waals surface area contributed by atoms with E-state index < -0.39 is 11.8 Å². The van der Waals surface area contributed by atoms with E-state index in [1.807, 2.05) is 0 Å². The number of carbonyl (C=O) groups is 2. The number of carbonyl (C=O) groups excluding carboxylic acids is 2. The standard InChI is InChI=1S/C45H80O14/c1-2-3-4-5-6-7-8-9-10-11-12-13-17-20-48-21-22-49-23-24-50-25-26-51-27-28-52-29-30-53-31-32-54-33-34-55-35-36-56-37-38-57-39-40-58-41-42-59-45(47)44(46)43-18-15-14-16-19-43/h14-16,18-19H,2-13,17,20-42H2,1H3. The molecule has 344 valence electrons. The minimum atomic E-state index is -0.895. The van der Waals surface area contributed by atoms with Crippen molar-refractivity contribution in [3.63, 3.8) is 0 Å². The van der Waals surface area contributed by atoms with Crippen LogP contribution in [0.5, 0.6) is 0 Å². The van der Waals surface area contributed by atoms with Crippen molar-refractivity contribution < 1.29 is 66.4 Å². The van der Waals surface area contributed by atoms with Gasteiger partial charge in [-0.25, -0.2) is 4.79 Å². The molecular formula is C45H80O14. The van der Waals surface area contributed by atoms with E-state index in [9.17, 15) is 9.59 Å². The Bertz CT molecular complexity index is 1000. The molecule has 0 amide bonds. The van der Waals surface area contributed by atoms with Crippen molar-refractivity contribution in [1.82, 2.24) is 0 Å². The molecule has 14 heteroatoms. The van der Waals surface area contributed by atoms with Gasteiger partial charge in [0.2, 0.25) is 0 Å². The number of unbranched alkanes of at least 4 members (excludes halogenated alkanes) is 12. The summed E-state index contributed by atoms with van der Waals surface area (Å²) in [4.78, 5) is 23.7. The number of hydrogen-bond donors (Lipinski definition) is 0. The molecule has 0 radical (unpaired) electrons. The molecule has 0 spiro atoms. The first-order valence-electron chi connectivity index (χ1n) is 22.4. The highest BCUT2D eigenvalue weighted by Crippen LogP contribution is 2.12. The lowest BCUT2D eigenvalue weighted by Gasteiger charge is -2.09. The fourth-order valence-electron chi connectivity index (χ4n) is 5.49. The zero-order valence-corrected chi connectivity index (χ0v) is 36.6. The molecule has 0 aromatic heterocycles. The maximum atomic E-state index is 11.9. The third-order valence-corrected chi connectivity index (χ3v) is 8.79. The van der Waals surface area contributed by atoms with Gasteiger partial charge in [-0.05, 0) is 6.42 Å². The van der Waals surface area contributed by atoms with Gasteiger partial charge < -0.3 is 56.8 Å². The number of Topliss-reactive ketones (excluding diaryl/α,β-unsaturated/α-hetero) is 1. The maximum absolute atomic E-state index is 11.9. The molecule has 0 saturated carbocycles. The lowest BCUT2D eigenvalue weighted by Crippen LogP contribution is -2.20. The summed E-state index contributed by atoms with van der Waals surface area (Å²) < 4.78 is 65.5. The molecule has 0 heterocycles. The van der Waals surface area contributed by atoms with Crippen LogP contribution < -0.4 is 0 Å². The zero-order valence-electron chi connectivity index (χ0n) is 36.6. The minimum absolute atomic E-state index is 0.00180. The van der Waals surface area contributed by atoms with E-state index in [2.05, 4.69) is 6.92 Å². The molecule has 0 fully saturated rings. The van der Waals surface area contributed by atoms with Crippen LogP contribution in [-0.4, -0.2) is 164 Å². The van der Waals surface area contributed by atoms with Gasteiger partial charge in [0.25, 0.3) is 5.78 Å². The van der Waals surface area contributed by atoms with Crippen molar-refractivity contribution >= 4 is 11.8 Å². The molecule has 0 aliphatic rings. The van der Waals surface area contributed by atoms with Gasteiger partial charge in [-0.1, -0.05) is 114 Å². The fourth-order valence-corrected chi connectivity index (χ4v) is 5.49. The molecule has 0 aliphatic heterocycles. The van der Waals surface area contributed by atoms with Crippen LogP contribution in [0.2, 0.25) is 0 Å². The largest absolute Gasteiger partial charge is 0.457 e. The van der Waals surface area contributed by atoms with Gasteiger partial charge in [-0.15, -0.1) is 0 Å². The second-order valence-corrected chi connectivity index (χ2v) is 13.8. The number of ether oxygens (including phenoxy) is 12. The molecule has 59 heavy (non-hydrogen) atoms. The monoisotopic (exact) mass is 845 g/mol. The molecule has 0 aliphatic carbocycles. The van der Waals surface area contributed by atoms with Gasteiger partial charge in [-0.2, -0.15) is 0 Å². The highest BCUT2D eigenvalue weighted by Gasteiger charge is 2.17. The average molecular weight is 845 g/mol. The lowest BCUT2D eigenvalue weighted by atomic mass is 10.0. The maximum Gasteiger partial charge on any atom is 0.379 e. The van der Waals surface area contributed by atoms with E-state index in [0.717, 1.165) is 13.0 Å². The van der Waals surface area contributed by atoms with Crippen LogP contribution in [-0.2, 0) is 61.6 Å². The Balaban J connectivity index is 1.63.